The van der Waals surface area contributed by atoms with E-state index in [1.807, 2.05) is 0 Å². The molecule has 1 N–H and O–H groups in total. The van der Waals surface area contributed by atoms with Crippen molar-refractivity contribution in [2.24, 2.45) is 0 Å². The van der Waals surface area contributed by atoms with Gasteiger partial charge in [0.1, 0.15) is 0 Å². The maximum absolute atomic E-state index is 12.1. The summed E-state index contributed by atoms with van der Waals surface area (Å²) >= 11 is 5.77. The van der Waals surface area contributed by atoms with Crippen LogP contribution in [-0.4, -0.2) is 23.8 Å². The minimum Gasteiger partial charge on any atom is -0.469 e. The summed E-state index contributed by atoms with van der Waals surface area (Å²) in [5.74, 6) is -0.500. The molecule has 4 nitrogen and oxygen atoms in total. The topological polar surface area (TPSA) is 59.2 Å². The molecule has 98 valence electrons. The standard InChI is InChI=1S/C14H12ClNO3/c1-19-13(17)8-11-6-7-12(16-11)14(18)9-2-4-10(15)5-3-9/h2-7,16H,8H2,1H3. The van der Waals surface area contributed by atoms with Gasteiger partial charge in [-0.15, -0.1) is 0 Å². The number of benzene rings is 1. The van der Waals surface area contributed by atoms with Crippen molar-refractivity contribution >= 4 is 23.4 Å². The molecule has 0 saturated heterocycles. The van der Waals surface area contributed by atoms with Crippen molar-refractivity contribution in [2.45, 2.75) is 6.42 Å². The van der Waals surface area contributed by atoms with Gasteiger partial charge in [0.05, 0.1) is 19.2 Å². The zero-order valence-electron chi connectivity index (χ0n) is 10.3. The number of aromatic nitrogens is 1. The molecule has 0 radical (unpaired) electrons. The fraction of sp³-hybridized carbons (Fsp3) is 0.143. The highest BCUT2D eigenvalue weighted by atomic mass is 35.5. The number of hydrogen-bond donors (Lipinski definition) is 1. The van der Waals surface area contributed by atoms with Gasteiger partial charge in [-0.3, -0.25) is 9.59 Å². The van der Waals surface area contributed by atoms with Gasteiger partial charge in [-0.25, -0.2) is 0 Å². The van der Waals surface area contributed by atoms with Crippen molar-refractivity contribution in [2.75, 3.05) is 7.11 Å². The molecule has 2 rings (SSSR count). The summed E-state index contributed by atoms with van der Waals surface area (Å²) in [7, 11) is 1.32. The van der Waals surface area contributed by atoms with E-state index in [1.54, 1.807) is 36.4 Å². The Morgan fingerprint density at radius 1 is 1.16 bits per heavy atom. The minimum absolute atomic E-state index is 0.115. The molecular formula is C14H12ClNO3. The lowest BCUT2D eigenvalue weighted by atomic mass is 10.1. The van der Waals surface area contributed by atoms with Gasteiger partial charge in [-0.2, -0.15) is 0 Å². The highest BCUT2D eigenvalue weighted by Gasteiger charge is 2.12. The number of halogens is 1. The van der Waals surface area contributed by atoms with Crippen LogP contribution < -0.4 is 0 Å². The number of methoxy groups -OCH3 is 1. The maximum atomic E-state index is 12.1. The van der Waals surface area contributed by atoms with E-state index >= 15 is 0 Å². The number of carbonyl (C=O) groups excluding carboxylic acids is 2. The van der Waals surface area contributed by atoms with Crippen LogP contribution >= 0.6 is 11.6 Å². The molecule has 1 heterocycles. The fourth-order valence-electron chi connectivity index (χ4n) is 1.66. The molecule has 0 aliphatic heterocycles. The lowest BCUT2D eigenvalue weighted by molar-refractivity contribution is -0.139. The van der Waals surface area contributed by atoms with Gasteiger partial charge in [-0.05, 0) is 36.4 Å². The summed E-state index contributed by atoms with van der Waals surface area (Å²) in [6.07, 6.45) is 0.115. The first-order chi connectivity index (χ1) is 9.10. The number of aromatic amines is 1. The molecule has 0 aliphatic carbocycles. The highest BCUT2D eigenvalue weighted by Crippen LogP contribution is 2.14. The van der Waals surface area contributed by atoms with Crippen molar-refractivity contribution in [3.63, 3.8) is 0 Å². The first kappa shape index (κ1) is 13.4. The van der Waals surface area contributed by atoms with Gasteiger partial charge < -0.3 is 9.72 Å². The number of ether oxygens (including phenoxy) is 1. The summed E-state index contributed by atoms with van der Waals surface area (Å²) < 4.78 is 4.56. The molecular weight excluding hydrogens is 266 g/mol. The summed E-state index contributed by atoms with van der Waals surface area (Å²) in [4.78, 5) is 26.2. The second-order valence-corrected chi connectivity index (χ2v) is 4.42. The van der Waals surface area contributed by atoms with Crippen LogP contribution in [0.15, 0.2) is 36.4 Å². The Hall–Kier alpha value is -2.07. The largest absolute Gasteiger partial charge is 0.469 e. The molecule has 0 atom stereocenters. The third-order valence-corrected chi connectivity index (χ3v) is 2.91. The second kappa shape index (κ2) is 5.71. The Morgan fingerprint density at radius 2 is 1.84 bits per heavy atom. The van der Waals surface area contributed by atoms with Crippen LogP contribution in [0, 0.1) is 0 Å². The van der Waals surface area contributed by atoms with Gasteiger partial charge in [0.2, 0.25) is 5.78 Å². The Morgan fingerprint density at radius 3 is 2.47 bits per heavy atom. The van der Waals surface area contributed by atoms with Crippen LogP contribution in [0.25, 0.3) is 0 Å². The summed E-state index contributed by atoms with van der Waals surface area (Å²) in [6.45, 7) is 0. The molecule has 0 bridgehead atoms. The Kier molecular flexibility index (Phi) is 4.02. The molecule has 0 saturated carbocycles. The lowest BCUT2D eigenvalue weighted by Crippen LogP contribution is -2.06. The first-order valence-electron chi connectivity index (χ1n) is 5.65. The van der Waals surface area contributed by atoms with Crippen LogP contribution in [0.3, 0.4) is 0 Å². The van der Waals surface area contributed by atoms with Crippen molar-refractivity contribution < 1.29 is 14.3 Å². The fourth-order valence-corrected chi connectivity index (χ4v) is 1.79. The monoisotopic (exact) mass is 277 g/mol. The van der Waals surface area contributed by atoms with Crippen LogP contribution in [0.1, 0.15) is 21.7 Å². The first-order valence-corrected chi connectivity index (χ1v) is 6.03. The normalized spacial score (nSPS) is 10.2. The van der Waals surface area contributed by atoms with Crippen molar-refractivity contribution in [1.29, 1.82) is 0 Å². The van der Waals surface area contributed by atoms with E-state index in [-0.39, 0.29) is 18.2 Å². The predicted molar refractivity (Wildman–Crippen MR) is 71.4 cm³/mol. The van der Waals surface area contributed by atoms with E-state index in [0.717, 1.165) is 0 Å². The highest BCUT2D eigenvalue weighted by molar-refractivity contribution is 6.30. The molecule has 0 amide bonds. The van der Waals surface area contributed by atoms with E-state index in [0.29, 0.717) is 22.0 Å². The Bertz CT molecular complexity index is 601. The Labute approximate surface area is 115 Å². The summed E-state index contributed by atoms with van der Waals surface area (Å²) in [5.41, 5.74) is 1.61. The van der Waals surface area contributed by atoms with Gasteiger partial charge in [0.25, 0.3) is 0 Å². The van der Waals surface area contributed by atoms with Crippen LogP contribution in [0.2, 0.25) is 5.02 Å². The van der Waals surface area contributed by atoms with E-state index < -0.39 is 0 Å². The predicted octanol–water partition coefficient (Wildman–Crippen LogP) is 2.61. The van der Waals surface area contributed by atoms with E-state index in [9.17, 15) is 9.59 Å². The van der Waals surface area contributed by atoms with Gasteiger partial charge >= 0.3 is 5.97 Å². The summed E-state index contributed by atoms with van der Waals surface area (Å²) in [6, 6.07) is 9.98. The molecule has 0 aliphatic rings. The number of carbonyl (C=O) groups is 2. The smallest absolute Gasteiger partial charge is 0.311 e. The molecule has 19 heavy (non-hydrogen) atoms. The molecule has 1 aromatic heterocycles. The number of hydrogen-bond acceptors (Lipinski definition) is 3. The molecule has 0 fully saturated rings. The molecule has 5 heteroatoms. The van der Waals surface area contributed by atoms with Gasteiger partial charge in [-0.1, -0.05) is 11.6 Å². The quantitative estimate of drug-likeness (QED) is 0.690. The van der Waals surface area contributed by atoms with Crippen molar-refractivity contribution in [3.8, 4) is 0 Å². The van der Waals surface area contributed by atoms with Gasteiger partial charge in [0, 0.05) is 16.3 Å². The van der Waals surface area contributed by atoms with Gasteiger partial charge in [0.15, 0.2) is 0 Å². The van der Waals surface area contributed by atoms with Crippen molar-refractivity contribution in [3.05, 3.63) is 58.4 Å². The van der Waals surface area contributed by atoms with Crippen LogP contribution in [0.4, 0.5) is 0 Å². The SMILES string of the molecule is COC(=O)Cc1ccc(C(=O)c2ccc(Cl)cc2)[nH]1. The number of ketones is 1. The average molecular weight is 278 g/mol. The number of rotatable bonds is 4. The maximum Gasteiger partial charge on any atom is 0.311 e. The summed E-state index contributed by atoms with van der Waals surface area (Å²) in [5, 5.41) is 0.578. The average Bonchev–Trinajstić information content (AvgIpc) is 2.87. The van der Waals surface area contributed by atoms with Crippen LogP contribution in [0.5, 0.6) is 0 Å². The molecule has 0 spiro atoms. The lowest BCUT2D eigenvalue weighted by Gasteiger charge is -1.99. The molecule has 2 aromatic rings. The Balaban J connectivity index is 2.16. The van der Waals surface area contributed by atoms with E-state index in [4.69, 9.17) is 11.6 Å². The zero-order valence-corrected chi connectivity index (χ0v) is 11.0. The molecule has 0 unspecified atom stereocenters. The number of esters is 1. The van der Waals surface area contributed by atoms with Crippen molar-refractivity contribution in [1.82, 2.24) is 4.98 Å². The van der Waals surface area contributed by atoms with E-state index in [2.05, 4.69) is 9.72 Å². The second-order valence-electron chi connectivity index (χ2n) is 3.99. The zero-order chi connectivity index (χ0) is 13.8. The third-order valence-electron chi connectivity index (χ3n) is 2.66. The number of nitrogens with one attached hydrogen (secondary N) is 1. The third kappa shape index (κ3) is 3.23. The van der Waals surface area contributed by atoms with Crippen LogP contribution in [-0.2, 0) is 16.0 Å². The number of H-pyrrole nitrogens is 1. The molecule has 1 aromatic carbocycles. The minimum atomic E-state index is -0.354. The van der Waals surface area contributed by atoms with E-state index in [1.165, 1.54) is 7.11 Å².